The average Bonchev–Trinajstić information content (AvgIpc) is 2.78. The number of hydrogen-bond acceptors (Lipinski definition) is 4. The molecule has 18 heavy (non-hydrogen) atoms. The van der Waals surface area contributed by atoms with Gasteiger partial charge < -0.3 is 9.84 Å². The number of halogens is 1. The first kappa shape index (κ1) is 12.7. The quantitative estimate of drug-likeness (QED) is 0.884. The summed E-state index contributed by atoms with van der Waals surface area (Å²) in [5.41, 5.74) is 0.832. The molecule has 2 aromatic rings. The van der Waals surface area contributed by atoms with Crippen LogP contribution in [-0.4, -0.2) is 16.7 Å². The highest BCUT2D eigenvalue weighted by Crippen LogP contribution is 2.12. The maximum atomic E-state index is 13.0. The SMILES string of the molecule is CCNC(C)c1nc(Cc2cccc(F)c2)no1. The molecule has 0 saturated heterocycles. The van der Waals surface area contributed by atoms with Gasteiger partial charge in [0.25, 0.3) is 0 Å². The molecule has 0 aliphatic rings. The summed E-state index contributed by atoms with van der Waals surface area (Å²) in [6, 6.07) is 6.44. The summed E-state index contributed by atoms with van der Waals surface area (Å²) in [5, 5.41) is 7.09. The number of nitrogens with zero attached hydrogens (tertiary/aromatic N) is 2. The van der Waals surface area contributed by atoms with E-state index in [0.29, 0.717) is 18.1 Å². The van der Waals surface area contributed by atoms with Crippen LogP contribution in [0.2, 0.25) is 0 Å². The van der Waals surface area contributed by atoms with Gasteiger partial charge in [-0.1, -0.05) is 24.2 Å². The van der Waals surface area contributed by atoms with E-state index in [9.17, 15) is 4.39 Å². The lowest BCUT2D eigenvalue weighted by Gasteiger charge is -2.05. The fourth-order valence-electron chi connectivity index (χ4n) is 1.74. The van der Waals surface area contributed by atoms with Gasteiger partial charge in [-0.2, -0.15) is 4.98 Å². The molecule has 1 heterocycles. The van der Waals surface area contributed by atoms with Crippen molar-refractivity contribution in [2.75, 3.05) is 6.54 Å². The van der Waals surface area contributed by atoms with Crippen LogP contribution >= 0.6 is 0 Å². The summed E-state index contributed by atoms with van der Waals surface area (Å²) in [6.45, 7) is 4.81. The second-order valence-electron chi connectivity index (χ2n) is 4.13. The van der Waals surface area contributed by atoms with Gasteiger partial charge in [0.05, 0.1) is 6.04 Å². The largest absolute Gasteiger partial charge is 0.338 e. The van der Waals surface area contributed by atoms with Crippen molar-refractivity contribution in [3.8, 4) is 0 Å². The Morgan fingerprint density at radius 2 is 2.28 bits per heavy atom. The van der Waals surface area contributed by atoms with Gasteiger partial charge in [0.2, 0.25) is 5.89 Å². The minimum atomic E-state index is -0.253. The molecule has 1 aromatic heterocycles. The molecule has 5 heteroatoms. The number of hydrogen-bond donors (Lipinski definition) is 1. The summed E-state index contributed by atoms with van der Waals surface area (Å²) >= 11 is 0. The fraction of sp³-hybridized carbons (Fsp3) is 0.385. The molecule has 96 valence electrons. The molecule has 0 saturated carbocycles. The highest BCUT2D eigenvalue weighted by molar-refractivity contribution is 5.19. The van der Waals surface area contributed by atoms with E-state index >= 15 is 0 Å². The zero-order chi connectivity index (χ0) is 13.0. The first-order valence-corrected chi connectivity index (χ1v) is 5.99. The Labute approximate surface area is 105 Å². The van der Waals surface area contributed by atoms with Gasteiger partial charge in [-0.3, -0.25) is 0 Å². The summed E-state index contributed by atoms with van der Waals surface area (Å²) < 4.78 is 18.2. The lowest BCUT2D eigenvalue weighted by molar-refractivity contribution is 0.339. The van der Waals surface area contributed by atoms with Crippen molar-refractivity contribution in [3.05, 3.63) is 47.4 Å². The third kappa shape index (κ3) is 3.13. The molecule has 0 aliphatic heterocycles. The Balaban J connectivity index is 2.06. The van der Waals surface area contributed by atoms with Gasteiger partial charge in [-0.05, 0) is 31.2 Å². The van der Waals surface area contributed by atoms with E-state index in [1.54, 1.807) is 6.07 Å². The van der Waals surface area contributed by atoms with Gasteiger partial charge in [0.1, 0.15) is 5.82 Å². The van der Waals surface area contributed by atoms with Gasteiger partial charge in [-0.15, -0.1) is 0 Å². The first-order valence-electron chi connectivity index (χ1n) is 5.99. The zero-order valence-electron chi connectivity index (χ0n) is 10.5. The molecule has 0 bridgehead atoms. The molecule has 4 nitrogen and oxygen atoms in total. The number of aromatic nitrogens is 2. The van der Waals surface area contributed by atoms with Crippen molar-refractivity contribution in [2.45, 2.75) is 26.3 Å². The van der Waals surface area contributed by atoms with Crippen LogP contribution in [0.15, 0.2) is 28.8 Å². The Hall–Kier alpha value is -1.75. The summed E-state index contributed by atoms with van der Waals surface area (Å²) in [6.07, 6.45) is 0.472. The molecule has 1 N–H and O–H groups in total. The highest BCUT2D eigenvalue weighted by atomic mass is 19.1. The van der Waals surface area contributed by atoms with Crippen molar-refractivity contribution in [3.63, 3.8) is 0 Å². The van der Waals surface area contributed by atoms with Gasteiger partial charge in [-0.25, -0.2) is 4.39 Å². The van der Waals surface area contributed by atoms with Crippen molar-refractivity contribution >= 4 is 0 Å². The Kier molecular flexibility index (Phi) is 4.04. The average molecular weight is 249 g/mol. The molecule has 0 radical (unpaired) electrons. The van der Waals surface area contributed by atoms with Crippen LogP contribution in [0.3, 0.4) is 0 Å². The van der Waals surface area contributed by atoms with E-state index < -0.39 is 0 Å². The number of nitrogens with one attached hydrogen (secondary N) is 1. The fourth-order valence-corrected chi connectivity index (χ4v) is 1.74. The molecule has 0 aliphatic carbocycles. The van der Waals surface area contributed by atoms with E-state index in [2.05, 4.69) is 15.5 Å². The molecule has 1 atom stereocenters. The van der Waals surface area contributed by atoms with Crippen LogP contribution in [0.5, 0.6) is 0 Å². The third-order valence-corrected chi connectivity index (χ3v) is 2.62. The number of benzene rings is 1. The molecular weight excluding hydrogens is 233 g/mol. The van der Waals surface area contributed by atoms with Crippen LogP contribution in [0.25, 0.3) is 0 Å². The molecule has 0 spiro atoms. The second kappa shape index (κ2) is 5.73. The Morgan fingerprint density at radius 1 is 1.44 bits per heavy atom. The molecule has 1 aromatic carbocycles. The van der Waals surface area contributed by atoms with Crippen LogP contribution in [0.4, 0.5) is 4.39 Å². The van der Waals surface area contributed by atoms with Crippen molar-refractivity contribution in [2.24, 2.45) is 0 Å². The molecule has 0 fully saturated rings. The van der Waals surface area contributed by atoms with E-state index in [4.69, 9.17) is 4.52 Å². The minimum absolute atomic E-state index is 0.0313. The van der Waals surface area contributed by atoms with Crippen molar-refractivity contribution in [1.29, 1.82) is 0 Å². The van der Waals surface area contributed by atoms with Crippen LogP contribution in [0.1, 0.15) is 37.2 Å². The normalized spacial score (nSPS) is 12.6. The molecule has 0 amide bonds. The first-order chi connectivity index (χ1) is 8.69. The lowest BCUT2D eigenvalue weighted by Crippen LogP contribution is -2.17. The van der Waals surface area contributed by atoms with Crippen LogP contribution in [0, 0.1) is 5.82 Å². The highest BCUT2D eigenvalue weighted by Gasteiger charge is 2.13. The molecule has 2 rings (SSSR count). The smallest absolute Gasteiger partial charge is 0.243 e. The van der Waals surface area contributed by atoms with E-state index in [-0.39, 0.29) is 11.9 Å². The standard InChI is InChI=1S/C13H16FN3O/c1-3-15-9(2)13-16-12(17-18-13)8-10-5-4-6-11(14)7-10/h4-7,9,15H,3,8H2,1-2H3. The lowest BCUT2D eigenvalue weighted by atomic mass is 10.1. The summed E-state index contributed by atoms with van der Waals surface area (Å²) in [7, 11) is 0. The van der Waals surface area contributed by atoms with Gasteiger partial charge in [0, 0.05) is 6.42 Å². The van der Waals surface area contributed by atoms with Crippen LogP contribution in [-0.2, 0) is 6.42 Å². The Morgan fingerprint density at radius 3 is 3.00 bits per heavy atom. The van der Waals surface area contributed by atoms with E-state index in [0.717, 1.165) is 12.1 Å². The summed E-state index contributed by atoms with van der Waals surface area (Å²) in [4.78, 5) is 4.29. The van der Waals surface area contributed by atoms with Crippen LogP contribution < -0.4 is 5.32 Å². The maximum absolute atomic E-state index is 13.0. The van der Waals surface area contributed by atoms with E-state index in [1.807, 2.05) is 19.9 Å². The van der Waals surface area contributed by atoms with Crippen molar-refractivity contribution in [1.82, 2.24) is 15.5 Å². The topological polar surface area (TPSA) is 51.0 Å². The Bertz CT molecular complexity index is 512. The predicted molar refractivity (Wildman–Crippen MR) is 65.6 cm³/mol. The third-order valence-electron chi connectivity index (χ3n) is 2.62. The number of rotatable bonds is 5. The monoisotopic (exact) mass is 249 g/mol. The summed E-state index contributed by atoms with van der Waals surface area (Å²) in [5.74, 6) is 0.876. The zero-order valence-corrected chi connectivity index (χ0v) is 10.5. The minimum Gasteiger partial charge on any atom is -0.338 e. The van der Waals surface area contributed by atoms with Crippen molar-refractivity contribution < 1.29 is 8.91 Å². The van der Waals surface area contributed by atoms with Gasteiger partial charge in [0.15, 0.2) is 5.82 Å². The maximum Gasteiger partial charge on any atom is 0.243 e. The molecule has 1 unspecified atom stereocenters. The van der Waals surface area contributed by atoms with E-state index in [1.165, 1.54) is 12.1 Å². The van der Waals surface area contributed by atoms with Gasteiger partial charge >= 0.3 is 0 Å². The second-order valence-corrected chi connectivity index (χ2v) is 4.13. The predicted octanol–water partition coefficient (Wildman–Crippen LogP) is 2.47. The molecular formula is C13H16FN3O.